The molecule has 0 spiro atoms. The number of hydrogen-bond acceptors (Lipinski definition) is 4. The summed E-state index contributed by atoms with van der Waals surface area (Å²) in [6.45, 7) is 0.601. The monoisotopic (exact) mass is 272 g/mol. The molecule has 0 aliphatic heterocycles. The zero-order valence-corrected chi connectivity index (χ0v) is 10.4. The summed E-state index contributed by atoms with van der Waals surface area (Å²) in [7, 11) is 0. The molecule has 0 aliphatic carbocycles. The molecule has 6 heteroatoms. The summed E-state index contributed by atoms with van der Waals surface area (Å²) in [5, 5.41) is 2.71. The molecule has 1 aromatic carbocycles. The third-order valence-electron chi connectivity index (χ3n) is 2.07. The van der Waals surface area contributed by atoms with E-state index in [-0.39, 0.29) is 17.4 Å². The highest BCUT2D eigenvalue weighted by atomic mass is 35.5. The molecule has 0 unspecified atom stereocenters. The van der Waals surface area contributed by atoms with Crippen LogP contribution in [-0.4, -0.2) is 4.98 Å². The molecular weight excluding hydrogens is 263 g/mol. The van der Waals surface area contributed by atoms with Gasteiger partial charge in [0.05, 0.1) is 10.7 Å². The van der Waals surface area contributed by atoms with Gasteiger partial charge in [-0.2, -0.15) is 0 Å². The Balaban J connectivity index is 2.04. The van der Waals surface area contributed by atoms with Crippen LogP contribution in [0.1, 0.15) is 10.7 Å². The van der Waals surface area contributed by atoms with Gasteiger partial charge in [-0.25, -0.2) is 9.37 Å². The van der Waals surface area contributed by atoms with Crippen molar-refractivity contribution in [1.82, 2.24) is 4.98 Å². The number of benzene rings is 1. The minimum atomic E-state index is -0.552. The first-order valence-corrected chi connectivity index (χ1v) is 6.16. The molecule has 0 aliphatic rings. The van der Waals surface area contributed by atoms with Crippen LogP contribution in [0.15, 0.2) is 23.6 Å². The number of thiazole rings is 1. The summed E-state index contributed by atoms with van der Waals surface area (Å²) >= 11 is 7.09. The molecule has 0 saturated heterocycles. The first-order valence-electron chi connectivity index (χ1n) is 4.91. The number of aromatic nitrogens is 1. The largest absolute Gasteiger partial charge is 0.484 e. The fourth-order valence-electron chi connectivity index (χ4n) is 1.26. The zero-order chi connectivity index (χ0) is 12.3. The molecule has 2 aromatic rings. The molecule has 0 atom stereocenters. The van der Waals surface area contributed by atoms with Gasteiger partial charge >= 0.3 is 0 Å². The Bertz CT molecular complexity index is 518. The van der Waals surface area contributed by atoms with Crippen molar-refractivity contribution in [2.45, 2.75) is 13.2 Å². The number of ether oxygens (including phenoxy) is 1. The second-order valence-electron chi connectivity index (χ2n) is 3.28. The normalized spacial score (nSPS) is 10.5. The van der Waals surface area contributed by atoms with Gasteiger partial charge in [-0.15, -0.1) is 11.3 Å². The van der Waals surface area contributed by atoms with E-state index < -0.39 is 5.82 Å². The minimum absolute atomic E-state index is 0.0448. The Morgan fingerprint density at radius 2 is 2.29 bits per heavy atom. The van der Waals surface area contributed by atoms with Crippen LogP contribution >= 0.6 is 22.9 Å². The van der Waals surface area contributed by atoms with Crippen molar-refractivity contribution in [2.24, 2.45) is 5.73 Å². The van der Waals surface area contributed by atoms with Crippen molar-refractivity contribution in [3.05, 3.63) is 45.1 Å². The highest BCUT2D eigenvalue weighted by molar-refractivity contribution is 7.09. The summed E-state index contributed by atoms with van der Waals surface area (Å²) in [4.78, 5) is 4.21. The fourth-order valence-corrected chi connectivity index (χ4v) is 2.08. The molecule has 17 heavy (non-hydrogen) atoms. The van der Waals surface area contributed by atoms with E-state index in [0.717, 1.165) is 10.7 Å². The van der Waals surface area contributed by atoms with E-state index >= 15 is 0 Å². The van der Waals surface area contributed by atoms with Crippen LogP contribution in [0.5, 0.6) is 5.75 Å². The van der Waals surface area contributed by atoms with Gasteiger partial charge in [0.15, 0.2) is 11.6 Å². The van der Waals surface area contributed by atoms with E-state index in [4.69, 9.17) is 22.1 Å². The van der Waals surface area contributed by atoms with E-state index in [1.807, 2.05) is 5.38 Å². The Morgan fingerprint density at radius 1 is 1.47 bits per heavy atom. The van der Waals surface area contributed by atoms with Crippen molar-refractivity contribution in [3.8, 4) is 5.75 Å². The van der Waals surface area contributed by atoms with Crippen LogP contribution in [-0.2, 0) is 13.2 Å². The number of nitrogens with two attached hydrogens (primary N) is 1. The lowest BCUT2D eigenvalue weighted by Gasteiger charge is -2.05. The number of rotatable bonds is 4. The van der Waals surface area contributed by atoms with Crippen LogP contribution in [0.4, 0.5) is 4.39 Å². The molecular formula is C11H10ClFN2OS. The maximum Gasteiger partial charge on any atom is 0.183 e. The van der Waals surface area contributed by atoms with Gasteiger partial charge in [0.2, 0.25) is 0 Å². The predicted octanol–water partition coefficient (Wildman–Crippen LogP) is 2.97. The summed E-state index contributed by atoms with van der Waals surface area (Å²) in [5.74, 6) is -0.428. The molecule has 2 rings (SSSR count). The quantitative estimate of drug-likeness (QED) is 0.931. The van der Waals surface area contributed by atoms with Crippen LogP contribution < -0.4 is 10.5 Å². The molecule has 0 radical (unpaired) electrons. The molecule has 0 fully saturated rings. The third kappa shape index (κ3) is 2.94. The van der Waals surface area contributed by atoms with Gasteiger partial charge in [0.1, 0.15) is 11.6 Å². The smallest absolute Gasteiger partial charge is 0.183 e. The second kappa shape index (κ2) is 5.44. The molecule has 90 valence electrons. The van der Waals surface area contributed by atoms with Gasteiger partial charge in [-0.3, -0.25) is 0 Å². The summed E-state index contributed by atoms with van der Waals surface area (Å²) in [6.07, 6.45) is 0. The van der Waals surface area contributed by atoms with E-state index in [2.05, 4.69) is 4.98 Å². The first kappa shape index (κ1) is 12.3. The SMILES string of the molecule is NCc1nc(COc2cccc(Cl)c2F)cs1. The van der Waals surface area contributed by atoms with Crippen molar-refractivity contribution in [2.75, 3.05) is 0 Å². The minimum Gasteiger partial charge on any atom is -0.484 e. The standard InChI is InChI=1S/C11H10ClFN2OS/c12-8-2-1-3-9(11(8)13)16-5-7-6-17-10(4-14)15-7/h1-3,6H,4-5,14H2. The van der Waals surface area contributed by atoms with E-state index in [0.29, 0.717) is 6.54 Å². The van der Waals surface area contributed by atoms with Crippen LogP contribution in [0.25, 0.3) is 0 Å². The van der Waals surface area contributed by atoms with Gasteiger partial charge in [-0.05, 0) is 12.1 Å². The summed E-state index contributed by atoms with van der Waals surface area (Å²) in [6, 6.07) is 4.63. The molecule has 0 bridgehead atoms. The number of halogens is 2. The lowest BCUT2D eigenvalue weighted by molar-refractivity contribution is 0.286. The van der Waals surface area contributed by atoms with Gasteiger partial charge in [-0.1, -0.05) is 17.7 Å². The van der Waals surface area contributed by atoms with E-state index in [1.54, 1.807) is 6.07 Å². The predicted molar refractivity (Wildman–Crippen MR) is 65.7 cm³/mol. The maximum atomic E-state index is 13.5. The van der Waals surface area contributed by atoms with Crippen LogP contribution in [0.3, 0.4) is 0 Å². The van der Waals surface area contributed by atoms with Crippen molar-refractivity contribution in [1.29, 1.82) is 0 Å². The molecule has 3 nitrogen and oxygen atoms in total. The number of nitrogens with zero attached hydrogens (tertiary/aromatic N) is 1. The maximum absolute atomic E-state index is 13.5. The Kier molecular flexibility index (Phi) is 3.93. The van der Waals surface area contributed by atoms with Crippen molar-refractivity contribution in [3.63, 3.8) is 0 Å². The highest BCUT2D eigenvalue weighted by Gasteiger charge is 2.08. The first-order chi connectivity index (χ1) is 8.20. The molecule has 0 saturated carbocycles. The van der Waals surface area contributed by atoms with Gasteiger partial charge in [0.25, 0.3) is 0 Å². The lowest BCUT2D eigenvalue weighted by atomic mass is 10.3. The van der Waals surface area contributed by atoms with Gasteiger partial charge < -0.3 is 10.5 Å². The molecule has 1 aromatic heterocycles. The summed E-state index contributed by atoms with van der Waals surface area (Å²) in [5.41, 5.74) is 6.18. The second-order valence-corrected chi connectivity index (χ2v) is 4.63. The lowest BCUT2D eigenvalue weighted by Crippen LogP contribution is -2.00. The fraction of sp³-hybridized carbons (Fsp3) is 0.182. The highest BCUT2D eigenvalue weighted by Crippen LogP contribution is 2.24. The molecule has 1 heterocycles. The zero-order valence-electron chi connectivity index (χ0n) is 8.82. The molecule has 0 amide bonds. The van der Waals surface area contributed by atoms with Crippen molar-refractivity contribution >= 4 is 22.9 Å². The topological polar surface area (TPSA) is 48.1 Å². The Hall–Kier alpha value is -1.17. The Labute approximate surface area is 107 Å². The van der Waals surface area contributed by atoms with Gasteiger partial charge in [0, 0.05) is 11.9 Å². The summed E-state index contributed by atoms with van der Waals surface area (Å²) < 4.78 is 18.8. The average Bonchev–Trinajstić information content (AvgIpc) is 2.79. The molecule has 2 N–H and O–H groups in total. The third-order valence-corrected chi connectivity index (χ3v) is 3.28. The van der Waals surface area contributed by atoms with Crippen molar-refractivity contribution < 1.29 is 9.13 Å². The van der Waals surface area contributed by atoms with E-state index in [9.17, 15) is 4.39 Å². The number of hydrogen-bond donors (Lipinski definition) is 1. The Morgan fingerprint density at radius 3 is 3.00 bits per heavy atom. The van der Waals surface area contributed by atoms with Crippen LogP contribution in [0, 0.1) is 5.82 Å². The average molecular weight is 273 g/mol. The van der Waals surface area contributed by atoms with Crippen LogP contribution in [0.2, 0.25) is 5.02 Å². The van der Waals surface area contributed by atoms with E-state index in [1.165, 1.54) is 23.5 Å².